The summed E-state index contributed by atoms with van der Waals surface area (Å²) >= 11 is 0. The van der Waals surface area contributed by atoms with E-state index in [1.807, 2.05) is 0 Å². The van der Waals surface area contributed by atoms with E-state index in [2.05, 4.69) is 10.2 Å². The Bertz CT molecular complexity index is 1980. The van der Waals surface area contributed by atoms with Crippen LogP contribution in [0.1, 0.15) is 5.56 Å². The van der Waals surface area contributed by atoms with E-state index in [-0.39, 0.29) is 9.79 Å². The van der Waals surface area contributed by atoms with Crippen LogP contribution < -0.4 is 9.47 Å². The predicted octanol–water partition coefficient (Wildman–Crippen LogP) is 7.46. The lowest BCUT2D eigenvalue weighted by Gasteiger charge is -2.12. The van der Waals surface area contributed by atoms with E-state index < -0.39 is 96.3 Å². The number of ether oxygens (including phenoxy) is 2. The minimum atomic E-state index is -4.04. The largest absolute Gasteiger partial charge is 0.497 e. The van der Waals surface area contributed by atoms with Gasteiger partial charge >= 0.3 is 0 Å². The molecular weight excluding hydrogens is 628 g/mol. The van der Waals surface area contributed by atoms with Crippen LogP contribution in [-0.2, 0) is 9.84 Å². The Morgan fingerprint density at radius 2 is 0.977 bits per heavy atom. The highest BCUT2D eigenvalue weighted by Gasteiger charge is 2.33. The van der Waals surface area contributed by atoms with Crippen molar-refractivity contribution in [3.8, 4) is 40.2 Å². The molecule has 1 aromatic heterocycles. The SMILES string of the molecule is COc1ccc(S(=O)(=O)c2ccc(Oc3c(F)c(F)c(-c4nnc(-c5c(F)c(F)c(C)c(F)c5F)o4)c(F)c3F)cc2)cc1. The van der Waals surface area contributed by atoms with Crippen LogP contribution in [0.5, 0.6) is 17.2 Å². The molecule has 0 unspecified atom stereocenters. The molecule has 0 bridgehead atoms. The summed E-state index contributed by atoms with van der Waals surface area (Å²) in [6.07, 6.45) is 0. The lowest BCUT2D eigenvalue weighted by molar-refractivity contribution is 0.366. The second-order valence-electron chi connectivity index (χ2n) is 8.88. The summed E-state index contributed by atoms with van der Waals surface area (Å²) in [5.74, 6) is -20.3. The van der Waals surface area contributed by atoms with Crippen molar-refractivity contribution in [2.24, 2.45) is 0 Å². The predicted molar refractivity (Wildman–Crippen MR) is 135 cm³/mol. The zero-order valence-corrected chi connectivity index (χ0v) is 22.8. The van der Waals surface area contributed by atoms with Crippen LogP contribution in [-0.4, -0.2) is 25.7 Å². The Kier molecular flexibility index (Phi) is 7.79. The molecule has 1 heterocycles. The van der Waals surface area contributed by atoms with Crippen LogP contribution in [0.15, 0.2) is 62.7 Å². The Balaban J connectivity index is 1.47. The number of hydrogen-bond donors (Lipinski definition) is 0. The van der Waals surface area contributed by atoms with Crippen molar-refractivity contribution in [2.75, 3.05) is 7.11 Å². The highest BCUT2D eigenvalue weighted by Crippen LogP contribution is 2.39. The molecule has 0 aliphatic heterocycles. The van der Waals surface area contributed by atoms with Gasteiger partial charge < -0.3 is 13.9 Å². The van der Waals surface area contributed by atoms with E-state index in [1.54, 1.807) is 0 Å². The molecule has 4 aromatic carbocycles. The zero-order valence-electron chi connectivity index (χ0n) is 22.0. The standard InChI is InChI=1S/C28H14F8N2O5S/c1-11-18(29)20(31)16(21(32)19(11)30)27-37-38-28(43-27)17-22(33)24(35)26(25(36)23(17)34)42-13-5-9-15(10-6-13)44(39,40)14-7-3-12(41-2)4-8-14/h3-10H,1-2H3. The Hall–Kier alpha value is -4.99. The van der Waals surface area contributed by atoms with Gasteiger partial charge in [0.1, 0.15) is 22.6 Å². The summed E-state index contributed by atoms with van der Waals surface area (Å²) < 4.78 is 157. The number of nitrogens with zero attached hydrogens (tertiary/aromatic N) is 2. The first-order valence-electron chi connectivity index (χ1n) is 12.0. The van der Waals surface area contributed by atoms with Crippen molar-refractivity contribution in [3.05, 3.63) is 101 Å². The van der Waals surface area contributed by atoms with Crippen LogP contribution in [0.25, 0.3) is 22.9 Å². The molecule has 0 aliphatic carbocycles. The molecule has 228 valence electrons. The Morgan fingerprint density at radius 3 is 1.39 bits per heavy atom. The maximum Gasteiger partial charge on any atom is 0.254 e. The lowest BCUT2D eigenvalue weighted by Crippen LogP contribution is -2.04. The topological polar surface area (TPSA) is 91.5 Å². The van der Waals surface area contributed by atoms with Gasteiger partial charge in [-0.2, -0.15) is 8.78 Å². The smallest absolute Gasteiger partial charge is 0.254 e. The van der Waals surface area contributed by atoms with Gasteiger partial charge in [0.25, 0.3) is 11.8 Å². The third-order valence-electron chi connectivity index (χ3n) is 6.28. The fourth-order valence-corrected chi connectivity index (χ4v) is 5.20. The molecule has 0 radical (unpaired) electrons. The first-order chi connectivity index (χ1) is 20.8. The number of rotatable bonds is 7. The summed E-state index contributed by atoms with van der Waals surface area (Å²) in [5, 5.41) is 6.19. The molecule has 5 aromatic rings. The van der Waals surface area contributed by atoms with Crippen LogP contribution in [0, 0.1) is 53.5 Å². The number of benzene rings is 4. The van der Waals surface area contributed by atoms with E-state index in [9.17, 15) is 43.5 Å². The second-order valence-corrected chi connectivity index (χ2v) is 10.8. The quantitative estimate of drug-likeness (QED) is 0.135. The third kappa shape index (κ3) is 5.00. The van der Waals surface area contributed by atoms with Gasteiger partial charge in [0, 0.05) is 5.56 Å². The summed E-state index contributed by atoms with van der Waals surface area (Å²) in [6, 6.07) is 9.35. The molecule has 5 rings (SSSR count). The Morgan fingerprint density at radius 1 is 0.591 bits per heavy atom. The molecule has 0 amide bonds. The molecule has 7 nitrogen and oxygen atoms in total. The van der Waals surface area contributed by atoms with Crippen molar-refractivity contribution >= 4 is 9.84 Å². The average molecular weight is 642 g/mol. The Labute approximate surface area is 242 Å². The van der Waals surface area contributed by atoms with Gasteiger partial charge in [0.2, 0.25) is 27.2 Å². The number of methoxy groups -OCH3 is 1. The molecule has 0 saturated heterocycles. The van der Waals surface area contributed by atoms with Gasteiger partial charge in [-0.3, -0.25) is 0 Å². The van der Waals surface area contributed by atoms with E-state index in [4.69, 9.17) is 13.9 Å². The molecule has 44 heavy (non-hydrogen) atoms. The summed E-state index contributed by atoms with van der Waals surface area (Å²) in [7, 11) is -2.65. The van der Waals surface area contributed by atoms with E-state index in [1.165, 1.54) is 31.4 Å². The lowest BCUT2D eigenvalue weighted by atomic mass is 10.1. The zero-order chi connectivity index (χ0) is 32.1. The first-order valence-corrected chi connectivity index (χ1v) is 13.5. The molecule has 0 atom stereocenters. The maximum absolute atomic E-state index is 15.0. The van der Waals surface area contributed by atoms with Crippen LogP contribution in [0.3, 0.4) is 0 Å². The number of sulfone groups is 1. The van der Waals surface area contributed by atoms with Crippen molar-refractivity contribution in [3.63, 3.8) is 0 Å². The monoisotopic (exact) mass is 642 g/mol. The van der Waals surface area contributed by atoms with Crippen molar-refractivity contribution in [1.82, 2.24) is 10.2 Å². The highest BCUT2D eigenvalue weighted by molar-refractivity contribution is 7.91. The van der Waals surface area contributed by atoms with Crippen LogP contribution >= 0.6 is 0 Å². The van der Waals surface area contributed by atoms with Crippen LogP contribution in [0.4, 0.5) is 35.1 Å². The van der Waals surface area contributed by atoms with E-state index >= 15 is 0 Å². The molecule has 16 heteroatoms. The molecule has 0 spiro atoms. The number of aromatic nitrogens is 2. The van der Waals surface area contributed by atoms with E-state index in [0.717, 1.165) is 31.2 Å². The molecule has 0 aliphatic rings. The molecular formula is C28H14F8N2O5S. The third-order valence-corrected chi connectivity index (χ3v) is 8.07. The van der Waals surface area contributed by atoms with Gasteiger partial charge in [0.05, 0.1) is 16.9 Å². The average Bonchev–Trinajstić information content (AvgIpc) is 3.49. The maximum atomic E-state index is 15.0. The fraction of sp³-hybridized carbons (Fsp3) is 0.0714. The van der Waals surface area contributed by atoms with Gasteiger partial charge in [-0.1, -0.05) is 0 Å². The normalized spacial score (nSPS) is 11.6. The summed E-state index contributed by atoms with van der Waals surface area (Å²) in [4.78, 5) is -0.354. The summed E-state index contributed by atoms with van der Waals surface area (Å²) in [6.45, 7) is 0.735. The van der Waals surface area contributed by atoms with Gasteiger partial charge in [0.15, 0.2) is 34.9 Å². The highest BCUT2D eigenvalue weighted by atomic mass is 32.2. The fourth-order valence-electron chi connectivity index (χ4n) is 3.94. The van der Waals surface area contributed by atoms with Gasteiger partial charge in [-0.25, -0.2) is 34.8 Å². The van der Waals surface area contributed by atoms with Crippen molar-refractivity contribution in [2.45, 2.75) is 16.7 Å². The number of hydrogen-bond acceptors (Lipinski definition) is 7. The summed E-state index contributed by atoms with van der Waals surface area (Å²) in [5.41, 5.74) is -4.17. The number of halogens is 8. The van der Waals surface area contributed by atoms with Gasteiger partial charge in [-0.15, -0.1) is 10.2 Å². The molecule has 0 N–H and O–H groups in total. The molecule has 0 fully saturated rings. The minimum absolute atomic E-state index is 0.101. The van der Waals surface area contributed by atoms with Crippen LogP contribution in [0.2, 0.25) is 0 Å². The van der Waals surface area contributed by atoms with Gasteiger partial charge in [-0.05, 0) is 55.5 Å². The minimum Gasteiger partial charge on any atom is -0.497 e. The van der Waals surface area contributed by atoms with E-state index in [0.29, 0.717) is 5.75 Å². The van der Waals surface area contributed by atoms with Crippen molar-refractivity contribution in [1.29, 1.82) is 0 Å². The second kappa shape index (κ2) is 11.3. The first kappa shape index (κ1) is 30.5. The molecule has 0 saturated carbocycles. The van der Waals surface area contributed by atoms with Crippen molar-refractivity contribution < 1.29 is 57.4 Å².